The Morgan fingerprint density at radius 1 is 0.667 bits per heavy atom. The summed E-state index contributed by atoms with van der Waals surface area (Å²) in [4.78, 5) is 26.1. The molecule has 0 N–H and O–H groups in total. The number of nitrogens with zero attached hydrogens (tertiary/aromatic N) is 4. The van der Waals surface area contributed by atoms with Gasteiger partial charge in [0.05, 0.1) is 23.5 Å². The lowest BCUT2D eigenvalue weighted by Gasteiger charge is -2.11. The Balaban J connectivity index is 1.48. The van der Waals surface area contributed by atoms with Gasteiger partial charge in [0, 0.05) is 21.5 Å². The number of hydrogen-bond acceptors (Lipinski definition) is 8. The maximum absolute atomic E-state index is 13.1. The Morgan fingerprint density at radius 2 is 1.18 bits per heavy atom. The zero-order valence-corrected chi connectivity index (χ0v) is 17.4. The van der Waals surface area contributed by atoms with Crippen LogP contribution in [0.15, 0.2) is 79.1 Å². The van der Waals surface area contributed by atoms with Crippen molar-refractivity contribution in [3.63, 3.8) is 0 Å². The first kappa shape index (κ1) is 20.2. The molecule has 0 spiro atoms. The largest absolute Gasteiger partial charge is 0.401 e. The third-order valence-electron chi connectivity index (χ3n) is 5.07. The van der Waals surface area contributed by atoms with Gasteiger partial charge >= 0.3 is 11.9 Å². The SMILES string of the molecule is Cc1ccc(C(=O)Oc2nncc3ccccc23)c(C(=O)Oc2nncc3ccccc23)c1. The topological polar surface area (TPSA) is 104 Å². The van der Waals surface area contributed by atoms with Crippen molar-refractivity contribution in [3.8, 4) is 11.8 Å². The van der Waals surface area contributed by atoms with E-state index in [0.717, 1.165) is 16.3 Å². The summed E-state index contributed by atoms with van der Waals surface area (Å²) in [5, 5.41) is 18.4. The van der Waals surface area contributed by atoms with E-state index in [1.807, 2.05) is 30.3 Å². The number of carbonyl (C=O) groups excluding carboxylic acids is 2. The number of benzene rings is 3. The van der Waals surface area contributed by atoms with Crippen LogP contribution in [-0.2, 0) is 0 Å². The van der Waals surface area contributed by atoms with E-state index < -0.39 is 11.9 Å². The third-order valence-corrected chi connectivity index (χ3v) is 5.07. The van der Waals surface area contributed by atoms with Crippen molar-refractivity contribution in [1.82, 2.24) is 20.4 Å². The van der Waals surface area contributed by atoms with E-state index in [9.17, 15) is 9.59 Å². The van der Waals surface area contributed by atoms with Gasteiger partial charge in [0.1, 0.15) is 0 Å². The highest BCUT2D eigenvalue weighted by atomic mass is 16.5. The van der Waals surface area contributed by atoms with Crippen molar-refractivity contribution in [2.45, 2.75) is 6.92 Å². The van der Waals surface area contributed by atoms with Crippen LogP contribution in [-0.4, -0.2) is 32.3 Å². The molecule has 0 aliphatic heterocycles. The number of aromatic nitrogens is 4. The molecule has 3 aromatic carbocycles. The van der Waals surface area contributed by atoms with Gasteiger partial charge in [-0.15, -0.1) is 10.2 Å². The lowest BCUT2D eigenvalue weighted by Crippen LogP contribution is -2.19. The second-order valence-corrected chi connectivity index (χ2v) is 7.30. The smallest absolute Gasteiger partial charge is 0.345 e. The fourth-order valence-corrected chi connectivity index (χ4v) is 3.44. The molecular weight excluding hydrogens is 420 g/mol. The van der Waals surface area contributed by atoms with Crippen molar-refractivity contribution in [2.75, 3.05) is 0 Å². The molecule has 160 valence electrons. The van der Waals surface area contributed by atoms with Crippen LogP contribution >= 0.6 is 0 Å². The molecule has 0 aliphatic carbocycles. The van der Waals surface area contributed by atoms with E-state index in [2.05, 4.69) is 20.4 Å². The average Bonchev–Trinajstić information content (AvgIpc) is 2.84. The Morgan fingerprint density at radius 3 is 1.76 bits per heavy atom. The highest BCUT2D eigenvalue weighted by molar-refractivity contribution is 6.05. The zero-order valence-electron chi connectivity index (χ0n) is 17.4. The van der Waals surface area contributed by atoms with E-state index in [1.165, 1.54) is 6.07 Å². The Bertz CT molecular complexity index is 1520. The lowest BCUT2D eigenvalue weighted by atomic mass is 10.0. The quantitative estimate of drug-likeness (QED) is 0.384. The Labute approximate surface area is 187 Å². The minimum absolute atomic E-state index is 0.0357. The summed E-state index contributed by atoms with van der Waals surface area (Å²) in [6.07, 6.45) is 3.15. The van der Waals surface area contributed by atoms with Gasteiger partial charge in [-0.1, -0.05) is 48.0 Å². The monoisotopic (exact) mass is 436 g/mol. The minimum Gasteiger partial charge on any atom is -0.401 e. The molecule has 8 heteroatoms. The van der Waals surface area contributed by atoms with Crippen molar-refractivity contribution in [1.29, 1.82) is 0 Å². The number of fused-ring (bicyclic) bond motifs is 2. The van der Waals surface area contributed by atoms with Gasteiger partial charge < -0.3 is 9.47 Å². The van der Waals surface area contributed by atoms with Gasteiger partial charge in [-0.25, -0.2) is 9.59 Å². The molecule has 0 fully saturated rings. The number of ether oxygens (including phenoxy) is 2. The molecule has 5 aromatic rings. The van der Waals surface area contributed by atoms with Crippen LogP contribution in [0.2, 0.25) is 0 Å². The molecule has 0 saturated carbocycles. The lowest BCUT2D eigenvalue weighted by molar-refractivity contribution is 0.0685. The molecule has 0 saturated heterocycles. The fourth-order valence-electron chi connectivity index (χ4n) is 3.44. The maximum Gasteiger partial charge on any atom is 0.345 e. The van der Waals surface area contributed by atoms with Crippen LogP contribution in [0, 0.1) is 6.92 Å². The molecule has 33 heavy (non-hydrogen) atoms. The minimum atomic E-state index is -0.753. The standard InChI is InChI=1S/C25H16N4O4/c1-15-10-11-20(24(30)32-22-18-8-4-2-6-16(18)13-26-28-22)21(12-15)25(31)33-23-19-9-5-3-7-17(19)14-27-29-23/h2-14H,1H3. The fraction of sp³-hybridized carbons (Fsp3) is 0.0400. The predicted molar refractivity (Wildman–Crippen MR) is 120 cm³/mol. The summed E-state index contributed by atoms with van der Waals surface area (Å²) in [7, 11) is 0. The molecule has 0 radical (unpaired) electrons. The number of rotatable bonds is 4. The van der Waals surface area contributed by atoms with E-state index in [0.29, 0.717) is 10.8 Å². The van der Waals surface area contributed by atoms with Crippen molar-refractivity contribution >= 4 is 33.5 Å². The normalized spacial score (nSPS) is 10.8. The van der Waals surface area contributed by atoms with Crippen LogP contribution in [0.4, 0.5) is 0 Å². The summed E-state index contributed by atoms with van der Waals surface area (Å²) in [6.45, 7) is 1.81. The van der Waals surface area contributed by atoms with Crippen LogP contribution in [0.3, 0.4) is 0 Å². The van der Waals surface area contributed by atoms with E-state index >= 15 is 0 Å². The van der Waals surface area contributed by atoms with Crippen molar-refractivity contribution in [3.05, 3.63) is 95.8 Å². The van der Waals surface area contributed by atoms with Gasteiger partial charge in [-0.3, -0.25) is 0 Å². The van der Waals surface area contributed by atoms with E-state index in [-0.39, 0.29) is 22.9 Å². The van der Waals surface area contributed by atoms with Gasteiger partial charge in [0.15, 0.2) is 0 Å². The molecule has 0 atom stereocenters. The van der Waals surface area contributed by atoms with Crippen molar-refractivity contribution < 1.29 is 19.1 Å². The predicted octanol–water partition coefficient (Wildman–Crippen LogP) is 4.32. The Kier molecular flexibility index (Phi) is 5.16. The van der Waals surface area contributed by atoms with Crippen LogP contribution in [0.25, 0.3) is 21.5 Å². The summed E-state index contributed by atoms with van der Waals surface area (Å²) < 4.78 is 11.0. The number of aryl methyl sites for hydroxylation is 1. The molecule has 0 bridgehead atoms. The second kappa shape index (κ2) is 8.43. The van der Waals surface area contributed by atoms with Crippen LogP contribution < -0.4 is 9.47 Å². The molecule has 2 heterocycles. The highest BCUT2D eigenvalue weighted by Crippen LogP contribution is 2.25. The molecule has 5 rings (SSSR count). The molecule has 2 aromatic heterocycles. The van der Waals surface area contributed by atoms with Gasteiger partial charge in [-0.2, -0.15) is 10.2 Å². The van der Waals surface area contributed by atoms with Gasteiger partial charge in [0.25, 0.3) is 0 Å². The third kappa shape index (κ3) is 3.97. The van der Waals surface area contributed by atoms with Gasteiger partial charge in [-0.05, 0) is 31.2 Å². The van der Waals surface area contributed by atoms with Crippen LogP contribution in [0.5, 0.6) is 11.8 Å². The van der Waals surface area contributed by atoms with Crippen molar-refractivity contribution in [2.24, 2.45) is 0 Å². The molecular formula is C25H16N4O4. The van der Waals surface area contributed by atoms with Crippen LogP contribution in [0.1, 0.15) is 26.3 Å². The first-order valence-electron chi connectivity index (χ1n) is 10.1. The molecule has 0 unspecified atom stereocenters. The summed E-state index contributed by atoms with van der Waals surface area (Å²) >= 11 is 0. The highest BCUT2D eigenvalue weighted by Gasteiger charge is 2.23. The maximum atomic E-state index is 13.1. The Hall–Kier alpha value is -4.72. The number of esters is 2. The summed E-state index contributed by atoms with van der Waals surface area (Å²) in [6, 6.07) is 19.3. The number of hydrogen-bond donors (Lipinski definition) is 0. The van der Waals surface area contributed by atoms with E-state index in [4.69, 9.17) is 9.47 Å². The first-order valence-corrected chi connectivity index (χ1v) is 10.1. The molecule has 0 aliphatic rings. The molecule has 8 nitrogen and oxygen atoms in total. The van der Waals surface area contributed by atoms with Gasteiger partial charge in [0.2, 0.25) is 11.8 Å². The van der Waals surface area contributed by atoms with E-state index in [1.54, 1.807) is 49.6 Å². The second-order valence-electron chi connectivity index (χ2n) is 7.30. The summed E-state index contributed by atoms with van der Waals surface area (Å²) in [5.74, 6) is -1.39. The summed E-state index contributed by atoms with van der Waals surface area (Å²) in [5.41, 5.74) is 0.851. The first-order chi connectivity index (χ1) is 16.1. The average molecular weight is 436 g/mol. The zero-order chi connectivity index (χ0) is 22.8. The number of carbonyl (C=O) groups is 2. The molecule has 0 amide bonds.